The molecule has 2 heterocycles. The molecule has 0 atom stereocenters. The van der Waals surface area contributed by atoms with E-state index in [0.717, 1.165) is 70.0 Å². The lowest BCUT2D eigenvalue weighted by Gasteiger charge is -2.36. The van der Waals surface area contributed by atoms with Gasteiger partial charge in [0.15, 0.2) is 5.96 Å². The van der Waals surface area contributed by atoms with Crippen LogP contribution in [-0.4, -0.2) is 85.7 Å². The average molecular weight is 426 g/mol. The molecule has 1 aromatic heterocycles. The standard InChI is InChI=1S/C23H35N7O/c1-4-24-22(29-14-16-30(17-15-29)23-25-11-5-12-26-23)27-19-20-7-9-21(10-8-20)31-18-6-13-28(2)3/h5,7-12H,4,6,13-19H2,1-3H3,(H,24,27). The molecule has 8 nitrogen and oxygen atoms in total. The summed E-state index contributed by atoms with van der Waals surface area (Å²) >= 11 is 0. The summed E-state index contributed by atoms with van der Waals surface area (Å²) in [5, 5.41) is 3.43. The van der Waals surface area contributed by atoms with Gasteiger partial charge in [0.2, 0.25) is 5.95 Å². The van der Waals surface area contributed by atoms with E-state index < -0.39 is 0 Å². The molecule has 0 unspecified atom stereocenters. The van der Waals surface area contributed by atoms with Crippen LogP contribution in [0.3, 0.4) is 0 Å². The molecule has 0 aliphatic carbocycles. The molecule has 168 valence electrons. The van der Waals surface area contributed by atoms with Gasteiger partial charge >= 0.3 is 0 Å². The van der Waals surface area contributed by atoms with Gasteiger partial charge < -0.3 is 24.8 Å². The Bertz CT molecular complexity index is 787. The molecule has 1 fully saturated rings. The molecule has 1 N–H and O–H groups in total. The minimum atomic E-state index is 0.644. The summed E-state index contributed by atoms with van der Waals surface area (Å²) in [4.78, 5) is 20.3. The zero-order chi connectivity index (χ0) is 21.9. The van der Waals surface area contributed by atoms with Gasteiger partial charge in [0.05, 0.1) is 13.2 Å². The minimum absolute atomic E-state index is 0.644. The summed E-state index contributed by atoms with van der Waals surface area (Å²) in [5.41, 5.74) is 1.17. The monoisotopic (exact) mass is 425 g/mol. The number of benzene rings is 1. The van der Waals surface area contributed by atoms with Gasteiger partial charge in [-0.1, -0.05) is 12.1 Å². The summed E-state index contributed by atoms with van der Waals surface area (Å²) in [5.74, 6) is 2.67. The molecular weight excluding hydrogens is 390 g/mol. The Morgan fingerprint density at radius 1 is 1.10 bits per heavy atom. The average Bonchev–Trinajstić information content (AvgIpc) is 2.81. The Balaban J connectivity index is 1.50. The number of hydrogen-bond donors (Lipinski definition) is 1. The van der Waals surface area contributed by atoms with Crippen LogP contribution in [0.2, 0.25) is 0 Å². The van der Waals surface area contributed by atoms with Crippen molar-refractivity contribution in [3.05, 3.63) is 48.3 Å². The van der Waals surface area contributed by atoms with E-state index in [2.05, 4.69) is 63.1 Å². The van der Waals surface area contributed by atoms with Crippen LogP contribution in [0.4, 0.5) is 5.95 Å². The molecule has 0 radical (unpaired) electrons. The van der Waals surface area contributed by atoms with Crippen LogP contribution in [0.25, 0.3) is 0 Å². The zero-order valence-corrected chi connectivity index (χ0v) is 19.0. The normalized spacial score (nSPS) is 14.8. The minimum Gasteiger partial charge on any atom is -0.494 e. The third-order valence-corrected chi connectivity index (χ3v) is 5.10. The number of hydrogen-bond acceptors (Lipinski definition) is 6. The van der Waals surface area contributed by atoms with Crippen LogP contribution in [0, 0.1) is 0 Å². The second-order valence-corrected chi connectivity index (χ2v) is 7.84. The molecule has 0 amide bonds. The number of rotatable bonds is 9. The predicted octanol–water partition coefficient (Wildman–Crippen LogP) is 2.09. The predicted molar refractivity (Wildman–Crippen MR) is 126 cm³/mol. The number of guanidine groups is 1. The smallest absolute Gasteiger partial charge is 0.225 e. The Morgan fingerprint density at radius 2 is 1.81 bits per heavy atom. The first-order valence-corrected chi connectivity index (χ1v) is 11.1. The van der Waals surface area contributed by atoms with Gasteiger partial charge in [-0.25, -0.2) is 15.0 Å². The first-order chi connectivity index (χ1) is 15.2. The highest BCUT2D eigenvalue weighted by atomic mass is 16.5. The van der Waals surface area contributed by atoms with Crippen molar-refractivity contribution in [3.8, 4) is 5.75 Å². The van der Waals surface area contributed by atoms with Gasteiger partial charge in [-0.15, -0.1) is 0 Å². The zero-order valence-electron chi connectivity index (χ0n) is 19.0. The molecule has 1 aliphatic rings. The fourth-order valence-electron chi connectivity index (χ4n) is 3.43. The maximum Gasteiger partial charge on any atom is 0.225 e. The van der Waals surface area contributed by atoms with Crippen molar-refractivity contribution in [2.75, 3.05) is 64.9 Å². The van der Waals surface area contributed by atoms with E-state index in [9.17, 15) is 0 Å². The Labute approximate surface area is 186 Å². The summed E-state index contributed by atoms with van der Waals surface area (Å²) < 4.78 is 5.82. The number of piperazine rings is 1. The van der Waals surface area contributed by atoms with E-state index in [-0.39, 0.29) is 0 Å². The molecular formula is C23H35N7O. The molecule has 1 saturated heterocycles. The molecule has 1 aromatic carbocycles. The Kier molecular flexibility index (Phi) is 8.90. The summed E-state index contributed by atoms with van der Waals surface area (Å²) in [6.45, 7) is 8.92. The Hall–Kier alpha value is -2.87. The van der Waals surface area contributed by atoms with E-state index in [1.54, 1.807) is 12.4 Å². The number of ether oxygens (including phenoxy) is 1. The highest BCUT2D eigenvalue weighted by molar-refractivity contribution is 5.80. The fourth-order valence-corrected chi connectivity index (χ4v) is 3.43. The molecule has 0 saturated carbocycles. The topological polar surface area (TPSA) is 69.1 Å². The van der Waals surface area contributed by atoms with Gasteiger partial charge in [0, 0.05) is 51.7 Å². The third-order valence-electron chi connectivity index (χ3n) is 5.10. The van der Waals surface area contributed by atoms with Crippen molar-refractivity contribution in [1.29, 1.82) is 0 Å². The van der Waals surface area contributed by atoms with E-state index in [1.807, 2.05) is 18.2 Å². The summed E-state index contributed by atoms with van der Waals surface area (Å²) in [6, 6.07) is 10.1. The number of nitrogens with one attached hydrogen (secondary N) is 1. The van der Waals surface area contributed by atoms with Crippen molar-refractivity contribution in [3.63, 3.8) is 0 Å². The van der Waals surface area contributed by atoms with Crippen molar-refractivity contribution >= 4 is 11.9 Å². The van der Waals surface area contributed by atoms with Crippen LogP contribution in [0.15, 0.2) is 47.7 Å². The largest absolute Gasteiger partial charge is 0.494 e. The first kappa shape index (κ1) is 22.8. The number of anilines is 1. The van der Waals surface area contributed by atoms with E-state index >= 15 is 0 Å². The fraction of sp³-hybridized carbons (Fsp3) is 0.522. The third kappa shape index (κ3) is 7.40. The highest BCUT2D eigenvalue weighted by Crippen LogP contribution is 2.14. The molecule has 8 heteroatoms. The van der Waals surface area contributed by atoms with Gasteiger partial charge in [0.25, 0.3) is 0 Å². The highest BCUT2D eigenvalue weighted by Gasteiger charge is 2.21. The number of aromatic nitrogens is 2. The van der Waals surface area contributed by atoms with Gasteiger partial charge in [-0.3, -0.25) is 0 Å². The molecule has 1 aliphatic heterocycles. The SMILES string of the molecule is CCNC(=NCc1ccc(OCCCN(C)C)cc1)N1CCN(c2ncccn2)CC1. The lowest BCUT2D eigenvalue weighted by Crippen LogP contribution is -2.52. The van der Waals surface area contributed by atoms with E-state index in [0.29, 0.717) is 6.54 Å². The van der Waals surface area contributed by atoms with Gasteiger partial charge in [-0.05, 0) is 51.2 Å². The lowest BCUT2D eigenvalue weighted by molar-refractivity contribution is 0.281. The first-order valence-electron chi connectivity index (χ1n) is 11.1. The summed E-state index contributed by atoms with van der Waals surface area (Å²) in [6.07, 6.45) is 4.61. The molecule has 0 spiro atoms. The van der Waals surface area contributed by atoms with Crippen molar-refractivity contribution in [2.45, 2.75) is 19.9 Å². The van der Waals surface area contributed by atoms with E-state index in [4.69, 9.17) is 9.73 Å². The van der Waals surface area contributed by atoms with Crippen LogP contribution < -0.4 is 15.0 Å². The van der Waals surface area contributed by atoms with Gasteiger partial charge in [0.1, 0.15) is 5.75 Å². The Morgan fingerprint density at radius 3 is 2.45 bits per heavy atom. The summed E-state index contributed by atoms with van der Waals surface area (Å²) in [7, 11) is 4.16. The van der Waals surface area contributed by atoms with Crippen LogP contribution >= 0.6 is 0 Å². The van der Waals surface area contributed by atoms with Gasteiger partial charge in [-0.2, -0.15) is 0 Å². The van der Waals surface area contributed by atoms with Crippen LogP contribution in [-0.2, 0) is 6.54 Å². The van der Waals surface area contributed by atoms with Crippen molar-refractivity contribution in [1.82, 2.24) is 25.1 Å². The second kappa shape index (κ2) is 12.1. The maximum atomic E-state index is 5.82. The number of aliphatic imine (C=N–C) groups is 1. The quantitative estimate of drug-likeness (QED) is 0.375. The van der Waals surface area contributed by atoms with Crippen LogP contribution in [0.1, 0.15) is 18.9 Å². The van der Waals surface area contributed by atoms with Crippen molar-refractivity contribution < 1.29 is 4.74 Å². The maximum absolute atomic E-state index is 5.82. The lowest BCUT2D eigenvalue weighted by atomic mass is 10.2. The second-order valence-electron chi connectivity index (χ2n) is 7.84. The molecule has 2 aromatic rings. The van der Waals surface area contributed by atoms with E-state index in [1.165, 1.54) is 5.56 Å². The van der Waals surface area contributed by atoms with Crippen LogP contribution in [0.5, 0.6) is 5.75 Å². The molecule has 31 heavy (non-hydrogen) atoms. The number of nitrogens with zero attached hydrogens (tertiary/aromatic N) is 6. The molecule has 0 bridgehead atoms. The van der Waals surface area contributed by atoms with Crippen molar-refractivity contribution in [2.24, 2.45) is 4.99 Å². The molecule has 3 rings (SSSR count).